The number of halogens is 1. The summed E-state index contributed by atoms with van der Waals surface area (Å²) in [5.74, 6) is 0.735. The minimum absolute atomic E-state index is 0.0964. The van der Waals surface area contributed by atoms with E-state index in [0.29, 0.717) is 22.5 Å². The predicted molar refractivity (Wildman–Crippen MR) is 83.5 cm³/mol. The number of benzene rings is 1. The zero-order chi connectivity index (χ0) is 14.9. The Bertz CT molecular complexity index is 489. The first-order chi connectivity index (χ1) is 9.40. The van der Waals surface area contributed by atoms with Crippen LogP contribution in [-0.2, 0) is 0 Å². The highest BCUT2D eigenvalue weighted by molar-refractivity contribution is 6.31. The molecule has 0 N–H and O–H groups in total. The molecule has 1 heterocycles. The molecule has 0 radical (unpaired) electrons. The lowest BCUT2D eigenvalue weighted by atomic mass is 10.0. The molecule has 20 heavy (non-hydrogen) atoms. The molecule has 1 saturated heterocycles. The maximum Gasteiger partial charge on any atom is 0.179 e. The second-order valence-corrected chi connectivity index (χ2v) is 6.45. The van der Waals surface area contributed by atoms with Crippen molar-refractivity contribution in [2.45, 2.75) is 25.9 Å². The van der Waals surface area contributed by atoms with Gasteiger partial charge >= 0.3 is 0 Å². The molecule has 110 valence electrons. The Labute approximate surface area is 126 Å². The maximum absolute atomic E-state index is 12.6. The van der Waals surface area contributed by atoms with Gasteiger partial charge < -0.3 is 4.90 Å². The standard InChI is InChI=1S/C16H23ClN2O/c1-11-9-19(10-15(11)18(3)4)12(2)16(20)13-6-5-7-14(17)8-13/h5-8,11-12,15H,9-10H2,1-4H3. The molecule has 1 fully saturated rings. The summed E-state index contributed by atoms with van der Waals surface area (Å²) in [6.45, 7) is 6.16. The van der Waals surface area contributed by atoms with Crippen LogP contribution in [0.1, 0.15) is 24.2 Å². The van der Waals surface area contributed by atoms with Crippen LogP contribution in [0.5, 0.6) is 0 Å². The van der Waals surface area contributed by atoms with E-state index in [9.17, 15) is 4.79 Å². The minimum Gasteiger partial charge on any atom is -0.305 e. The van der Waals surface area contributed by atoms with E-state index >= 15 is 0 Å². The summed E-state index contributed by atoms with van der Waals surface area (Å²) in [6.07, 6.45) is 0. The van der Waals surface area contributed by atoms with E-state index in [1.54, 1.807) is 12.1 Å². The molecule has 0 spiro atoms. The van der Waals surface area contributed by atoms with E-state index in [0.717, 1.165) is 13.1 Å². The summed E-state index contributed by atoms with van der Waals surface area (Å²) >= 11 is 5.97. The van der Waals surface area contributed by atoms with E-state index in [1.165, 1.54) is 0 Å². The molecular weight excluding hydrogens is 272 g/mol. The third-order valence-corrected chi connectivity index (χ3v) is 4.54. The molecule has 0 amide bonds. The molecule has 3 nitrogen and oxygen atoms in total. The number of hydrogen-bond donors (Lipinski definition) is 0. The fourth-order valence-corrected chi connectivity index (χ4v) is 3.21. The lowest BCUT2D eigenvalue weighted by molar-refractivity contribution is 0.0858. The molecule has 0 aliphatic carbocycles. The quantitative estimate of drug-likeness (QED) is 0.798. The fourth-order valence-electron chi connectivity index (χ4n) is 3.02. The van der Waals surface area contributed by atoms with Crippen LogP contribution in [0.2, 0.25) is 5.02 Å². The second kappa shape index (κ2) is 6.25. The lowest BCUT2D eigenvalue weighted by Crippen LogP contribution is -2.40. The first-order valence-corrected chi connectivity index (χ1v) is 7.48. The topological polar surface area (TPSA) is 23.6 Å². The maximum atomic E-state index is 12.6. The Morgan fingerprint density at radius 1 is 1.40 bits per heavy atom. The highest BCUT2D eigenvalue weighted by Crippen LogP contribution is 2.23. The fraction of sp³-hybridized carbons (Fsp3) is 0.562. The van der Waals surface area contributed by atoms with Gasteiger partial charge in [0.1, 0.15) is 0 Å². The molecule has 1 aliphatic rings. The van der Waals surface area contributed by atoms with Crippen molar-refractivity contribution in [3.05, 3.63) is 34.9 Å². The Morgan fingerprint density at radius 2 is 2.10 bits per heavy atom. The van der Waals surface area contributed by atoms with Gasteiger partial charge in [-0.15, -0.1) is 0 Å². The Morgan fingerprint density at radius 3 is 2.65 bits per heavy atom. The van der Waals surface area contributed by atoms with Crippen LogP contribution >= 0.6 is 11.6 Å². The summed E-state index contributed by atoms with van der Waals surface area (Å²) in [5.41, 5.74) is 0.700. The van der Waals surface area contributed by atoms with Gasteiger partial charge in [-0.3, -0.25) is 9.69 Å². The summed E-state index contributed by atoms with van der Waals surface area (Å²) < 4.78 is 0. The number of likely N-dealkylation sites (N-methyl/N-ethyl adjacent to an activating group) is 1. The van der Waals surface area contributed by atoms with Crippen molar-refractivity contribution in [3.63, 3.8) is 0 Å². The van der Waals surface area contributed by atoms with E-state index in [2.05, 4.69) is 30.8 Å². The second-order valence-electron chi connectivity index (χ2n) is 6.01. The zero-order valence-electron chi connectivity index (χ0n) is 12.6. The van der Waals surface area contributed by atoms with Crippen LogP contribution in [-0.4, -0.2) is 54.9 Å². The van der Waals surface area contributed by atoms with Crippen LogP contribution in [0.25, 0.3) is 0 Å². The van der Waals surface area contributed by atoms with Crippen LogP contribution in [0.4, 0.5) is 0 Å². The highest BCUT2D eigenvalue weighted by atomic mass is 35.5. The summed E-state index contributed by atoms with van der Waals surface area (Å²) in [7, 11) is 4.21. The average molecular weight is 295 g/mol. The van der Waals surface area contributed by atoms with E-state index in [1.807, 2.05) is 19.1 Å². The number of rotatable bonds is 4. The third-order valence-electron chi connectivity index (χ3n) is 4.30. The molecule has 3 atom stereocenters. The molecule has 4 heteroatoms. The van der Waals surface area contributed by atoms with Gasteiger partial charge in [-0.1, -0.05) is 30.7 Å². The van der Waals surface area contributed by atoms with Crippen LogP contribution in [0, 0.1) is 5.92 Å². The summed E-state index contributed by atoms with van der Waals surface area (Å²) in [6, 6.07) is 7.64. The van der Waals surface area contributed by atoms with Crippen molar-refractivity contribution >= 4 is 17.4 Å². The number of hydrogen-bond acceptors (Lipinski definition) is 3. The molecule has 0 saturated carbocycles. The number of Topliss-reactive ketones (excluding diaryl/α,β-unsaturated/α-hetero) is 1. The number of nitrogens with zero attached hydrogens (tertiary/aromatic N) is 2. The molecule has 3 unspecified atom stereocenters. The zero-order valence-corrected chi connectivity index (χ0v) is 13.4. The molecule has 2 rings (SSSR count). The van der Waals surface area contributed by atoms with Crippen LogP contribution in [0.15, 0.2) is 24.3 Å². The molecule has 1 aliphatic heterocycles. The Hall–Kier alpha value is -0.900. The van der Waals surface area contributed by atoms with Crippen LogP contribution < -0.4 is 0 Å². The van der Waals surface area contributed by atoms with Gasteiger partial charge in [0.25, 0.3) is 0 Å². The predicted octanol–water partition coefficient (Wildman–Crippen LogP) is 2.79. The highest BCUT2D eigenvalue weighted by Gasteiger charge is 2.35. The number of likely N-dealkylation sites (tertiary alicyclic amines) is 1. The van der Waals surface area contributed by atoms with Gasteiger partial charge in [-0.25, -0.2) is 0 Å². The molecule has 0 bridgehead atoms. The molecule has 1 aromatic rings. The van der Waals surface area contributed by atoms with Crippen molar-refractivity contribution in [3.8, 4) is 0 Å². The van der Waals surface area contributed by atoms with Gasteiger partial charge in [-0.05, 0) is 39.1 Å². The van der Waals surface area contributed by atoms with E-state index in [-0.39, 0.29) is 11.8 Å². The molecule has 1 aromatic carbocycles. The van der Waals surface area contributed by atoms with Gasteiger partial charge in [-0.2, -0.15) is 0 Å². The first kappa shape index (κ1) is 15.5. The van der Waals surface area contributed by atoms with Gasteiger partial charge in [0.05, 0.1) is 6.04 Å². The SMILES string of the molecule is CC1CN(C(C)C(=O)c2cccc(Cl)c2)CC1N(C)C. The minimum atomic E-state index is -0.0964. The van der Waals surface area contributed by atoms with Crippen molar-refractivity contribution < 1.29 is 4.79 Å². The lowest BCUT2D eigenvalue weighted by Gasteiger charge is -2.25. The van der Waals surface area contributed by atoms with Crippen molar-refractivity contribution in [2.75, 3.05) is 27.2 Å². The Kier molecular flexibility index (Phi) is 4.84. The van der Waals surface area contributed by atoms with Crippen molar-refractivity contribution in [1.29, 1.82) is 0 Å². The number of ketones is 1. The van der Waals surface area contributed by atoms with Gasteiger partial charge in [0.15, 0.2) is 5.78 Å². The van der Waals surface area contributed by atoms with Crippen molar-refractivity contribution in [2.24, 2.45) is 5.92 Å². The molecule has 0 aromatic heterocycles. The number of carbonyl (C=O) groups is 1. The molecular formula is C16H23ClN2O. The summed E-state index contributed by atoms with van der Waals surface area (Å²) in [5, 5.41) is 0.615. The Balaban J connectivity index is 2.08. The number of carbonyl (C=O) groups excluding carboxylic acids is 1. The monoisotopic (exact) mass is 294 g/mol. The normalized spacial score (nSPS) is 25.1. The van der Waals surface area contributed by atoms with E-state index < -0.39 is 0 Å². The largest absolute Gasteiger partial charge is 0.305 e. The van der Waals surface area contributed by atoms with Crippen LogP contribution in [0.3, 0.4) is 0 Å². The smallest absolute Gasteiger partial charge is 0.179 e. The summed E-state index contributed by atoms with van der Waals surface area (Å²) in [4.78, 5) is 17.1. The van der Waals surface area contributed by atoms with Crippen molar-refractivity contribution in [1.82, 2.24) is 9.80 Å². The van der Waals surface area contributed by atoms with Gasteiger partial charge in [0, 0.05) is 29.7 Å². The first-order valence-electron chi connectivity index (χ1n) is 7.10. The van der Waals surface area contributed by atoms with Gasteiger partial charge in [0.2, 0.25) is 0 Å². The average Bonchev–Trinajstić information content (AvgIpc) is 2.79. The third kappa shape index (κ3) is 3.22. The van der Waals surface area contributed by atoms with E-state index in [4.69, 9.17) is 11.6 Å².